The van der Waals surface area contributed by atoms with Gasteiger partial charge in [-0.05, 0) is 34.1 Å². The lowest BCUT2D eigenvalue weighted by Crippen LogP contribution is -2.13. The van der Waals surface area contributed by atoms with Crippen LogP contribution in [0.2, 0.25) is 0 Å². The molecule has 0 fully saturated rings. The zero-order chi connectivity index (χ0) is 17.3. The zero-order valence-electron chi connectivity index (χ0n) is 11.9. The Hall–Kier alpha value is -2.17. The number of sulfonamides is 1. The molecule has 1 aromatic carbocycles. The van der Waals surface area contributed by atoms with Gasteiger partial charge in [0.1, 0.15) is 4.21 Å². The molecule has 0 saturated heterocycles. The van der Waals surface area contributed by atoms with E-state index in [1.807, 2.05) is 0 Å². The SMILES string of the molecule is O=C(O)c1csc(S(=O)(=O)Nc2ccccc2-n2cc(Br)cn2)c1. The first-order valence-corrected chi connectivity index (χ1v) is 9.66. The Bertz CT molecular complexity index is 1010. The molecule has 124 valence electrons. The lowest BCUT2D eigenvalue weighted by Gasteiger charge is -2.11. The lowest BCUT2D eigenvalue weighted by molar-refractivity contribution is 0.0697. The van der Waals surface area contributed by atoms with Crippen molar-refractivity contribution in [2.45, 2.75) is 4.21 Å². The average Bonchev–Trinajstić information content (AvgIpc) is 3.17. The molecule has 2 heterocycles. The number of aromatic carboxylic acids is 1. The molecule has 7 nitrogen and oxygen atoms in total. The van der Waals surface area contributed by atoms with Gasteiger partial charge in [-0.3, -0.25) is 4.72 Å². The van der Waals surface area contributed by atoms with E-state index < -0.39 is 16.0 Å². The van der Waals surface area contributed by atoms with E-state index in [4.69, 9.17) is 5.11 Å². The minimum atomic E-state index is -3.90. The first-order valence-electron chi connectivity index (χ1n) is 6.51. The molecule has 10 heteroatoms. The molecule has 2 aromatic heterocycles. The number of aromatic nitrogens is 2. The number of carboxylic acids is 1. The van der Waals surface area contributed by atoms with Crippen molar-refractivity contribution < 1.29 is 18.3 Å². The van der Waals surface area contributed by atoms with E-state index in [1.165, 1.54) is 10.1 Å². The minimum absolute atomic E-state index is 0.0651. The monoisotopic (exact) mass is 427 g/mol. The van der Waals surface area contributed by atoms with Gasteiger partial charge in [0.25, 0.3) is 10.0 Å². The van der Waals surface area contributed by atoms with E-state index in [2.05, 4.69) is 25.8 Å². The highest BCUT2D eigenvalue weighted by Gasteiger charge is 2.20. The molecule has 0 saturated carbocycles. The molecular formula is C14H10BrN3O4S2. The first kappa shape index (κ1) is 16.7. The van der Waals surface area contributed by atoms with Gasteiger partial charge in [-0.15, -0.1) is 11.3 Å². The van der Waals surface area contributed by atoms with E-state index in [0.29, 0.717) is 11.4 Å². The number of benzene rings is 1. The Labute approximate surface area is 149 Å². The number of carbonyl (C=O) groups is 1. The fourth-order valence-corrected chi connectivity index (χ4v) is 4.47. The van der Waals surface area contributed by atoms with Gasteiger partial charge in [0.2, 0.25) is 0 Å². The molecule has 0 radical (unpaired) electrons. The summed E-state index contributed by atoms with van der Waals surface area (Å²) in [7, 11) is -3.90. The van der Waals surface area contributed by atoms with Crippen LogP contribution in [0.15, 0.2) is 56.8 Å². The normalized spacial score (nSPS) is 11.4. The van der Waals surface area contributed by atoms with Gasteiger partial charge < -0.3 is 5.11 Å². The maximum atomic E-state index is 12.5. The van der Waals surface area contributed by atoms with Gasteiger partial charge in [0.15, 0.2) is 0 Å². The van der Waals surface area contributed by atoms with Crippen LogP contribution in [-0.2, 0) is 10.0 Å². The number of carboxylic acid groups (broad SMARTS) is 1. The van der Waals surface area contributed by atoms with Gasteiger partial charge in [-0.1, -0.05) is 12.1 Å². The van der Waals surface area contributed by atoms with Crippen LogP contribution in [0.25, 0.3) is 5.69 Å². The summed E-state index contributed by atoms with van der Waals surface area (Å²) in [6.07, 6.45) is 3.28. The number of anilines is 1. The van der Waals surface area contributed by atoms with E-state index in [9.17, 15) is 13.2 Å². The van der Waals surface area contributed by atoms with Gasteiger partial charge in [-0.2, -0.15) is 5.10 Å². The predicted molar refractivity (Wildman–Crippen MR) is 93.4 cm³/mol. The Balaban J connectivity index is 1.97. The van der Waals surface area contributed by atoms with Crippen LogP contribution in [-0.4, -0.2) is 29.3 Å². The standard InChI is InChI=1S/C14H10BrN3O4S2/c15-10-6-16-18(7-10)12-4-2-1-3-11(12)17-24(21,22)13-5-9(8-23-13)14(19)20/h1-8,17H,(H,19,20). The summed E-state index contributed by atoms with van der Waals surface area (Å²) >= 11 is 4.14. The number of thiophene rings is 1. The number of halogens is 1. The maximum absolute atomic E-state index is 12.5. The number of nitrogens with zero attached hydrogens (tertiary/aromatic N) is 2. The quantitative estimate of drug-likeness (QED) is 0.650. The lowest BCUT2D eigenvalue weighted by atomic mass is 10.3. The number of nitrogens with one attached hydrogen (secondary N) is 1. The molecule has 0 bridgehead atoms. The van der Waals surface area contributed by atoms with Crippen molar-refractivity contribution in [3.8, 4) is 5.69 Å². The highest BCUT2D eigenvalue weighted by Crippen LogP contribution is 2.27. The van der Waals surface area contributed by atoms with Crippen LogP contribution in [0.4, 0.5) is 5.69 Å². The van der Waals surface area contributed by atoms with E-state index in [1.54, 1.807) is 36.7 Å². The zero-order valence-corrected chi connectivity index (χ0v) is 15.1. The molecule has 0 atom stereocenters. The summed E-state index contributed by atoms with van der Waals surface area (Å²) in [4.78, 5) is 10.9. The second-order valence-electron chi connectivity index (χ2n) is 4.69. The number of para-hydroxylation sites is 2. The number of hydrogen-bond acceptors (Lipinski definition) is 5. The molecule has 24 heavy (non-hydrogen) atoms. The highest BCUT2D eigenvalue weighted by atomic mass is 79.9. The van der Waals surface area contributed by atoms with Crippen molar-refractivity contribution >= 4 is 48.9 Å². The van der Waals surface area contributed by atoms with Crippen LogP contribution in [0.1, 0.15) is 10.4 Å². The first-order chi connectivity index (χ1) is 11.4. The summed E-state index contributed by atoms with van der Waals surface area (Å²) < 4.78 is 29.7. The third kappa shape index (κ3) is 3.35. The average molecular weight is 428 g/mol. The van der Waals surface area contributed by atoms with Crippen molar-refractivity contribution in [2.24, 2.45) is 0 Å². The molecule has 0 aliphatic heterocycles. The van der Waals surface area contributed by atoms with Crippen molar-refractivity contribution in [1.29, 1.82) is 0 Å². The predicted octanol–water partition coefficient (Wildman–Crippen LogP) is 3.20. The molecule has 0 aliphatic carbocycles. The summed E-state index contributed by atoms with van der Waals surface area (Å²) in [6.45, 7) is 0. The summed E-state index contributed by atoms with van der Waals surface area (Å²) in [5.74, 6) is -1.17. The van der Waals surface area contributed by atoms with E-state index >= 15 is 0 Å². The molecule has 0 unspecified atom stereocenters. The number of hydrogen-bond donors (Lipinski definition) is 2. The molecular weight excluding hydrogens is 418 g/mol. The molecule has 3 rings (SSSR count). The number of rotatable bonds is 5. The van der Waals surface area contributed by atoms with Crippen LogP contribution in [0, 0.1) is 0 Å². The molecule has 0 amide bonds. The molecule has 0 spiro atoms. The van der Waals surface area contributed by atoms with Crippen molar-refractivity contribution in [1.82, 2.24) is 9.78 Å². The third-order valence-corrected chi connectivity index (χ3v) is 6.25. The smallest absolute Gasteiger partial charge is 0.336 e. The van der Waals surface area contributed by atoms with Gasteiger partial charge >= 0.3 is 5.97 Å². The highest BCUT2D eigenvalue weighted by molar-refractivity contribution is 9.10. The van der Waals surface area contributed by atoms with Crippen LogP contribution in [0.3, 0.4) is 0 Å². The Morgan fingerprint density at radius 2 is 2.08 bits per heavy atom. The largest absolute Gasteiger partial charge is 0.478 e. The Morgan fingerprint density at radius 3 is 2.71 bits per heavy atom. The second kappa shape index (κ2) is 6.38. The maximum Gasteiger partial charge on any atom is 0.336 e. The molecule has 3 aromatic rings. The van der Waals surface area contributed by atoms with Crippen molar-refractivity contribution in [3.05, 3.63) is 58.1 Å². The summed E-state index contributed by atoms with van der Waals surface area (Å²) in [5.41, 5.74) is 0.810. The van der Waals surface area contributed by atoms with Gasteiger partial charge in [-0.25, -0.2) is 17.9 Å². The minimum Gasteiger partial charge on any atom is -0.478 e. The Morgan fingerprint density at radius 1 is 1.33 bits per heavy atom. The van der Waals surface area contributed by atoms with Crippen molar-refractivity contribution in [2.75, 3.05) is 4.72 Å². The van der Waals surface area contributed by atoms with Gasteiger partial charge in [0.05, 0.1) is 27.6 Å². The molecule has 0 aliphatic rings. The van der Waals surface area contributed by atoms with Crippen LogP contribution in [0.5, 0.6) is 0 Å². The fraction of sp³-hybridized carbons (Fsp3) is 0. The molecule has 2 N–H and O–H groups in total. The topological polar surface area (TPSA) is 101 Å². The summed E-state index contributed by atoms with van der Waals surface area (Å²) in [5, 5.41) is 14.3. The summed E-state index contributed by atoms with van der Waals surface area (Å²) in [6, 6.07) is 7.90. The third-order valence-electron chi connectivity index (χ3n) is 3.03. The van der Waals surface area contributed by atoms with Crippen LogP contribution < -0.4 is 4.72 Å². The Kier molecular flexibility index (Phi) is 4.43. The van der Waals surface area contributed by atoms with Crippen molar-refractivity contribution in [3.63, 3.8) is 0 Å². The van der Waals surface area contributed by atoms with E-state index in [0.717, 1.165) is 21.9 Å². The fourth-order valence-electron chi connectivity index (χ4n) is 1.96. The van der Waals surface area contributed by atoms with Crippen LogP contribution >= 0.6 is 27.3 Å². The van der Waals surface area contributed by atoms with E-state index in [-0.39, 0.29) is 9.77 Å². The van der Waals surface area contributed by atoms with Gasteiger partial charge in [0, 0.05) is 11.6 Å². The second-order valence-corrected chi connectivity index (χ2v) is 8.42.